The van der Waals surface area contributed by atoms with E-state index in [-0.39, 0.29) is 0 Å². The molecule has 1 heterocycles. The van der Waals surface area contributed by atoms with Gasteiger partial charge in [0.1, 0.15) is 5.75 Å². The third-order valence-corrected chi connectivity index (χ3v) is 4.60. The number of benzene rings is 1. The highest BCUT2D eigenvalue weighted by Crippen LogP contribution is 2.27. The minimum atomic E-state index is 0.321. The Balaban J connectivity index is 1.95. The van der Waals surface area contributed by atoms with Gasteiger partial charge in [0.25, 0.3) is 0 Å². The molecule has 0 fully saturated rings. The van der Waals surface area contributed by atoms with Crippen LogP contribution in [-0.4, -0.2) is 13.7 Å². The summed E-state index contributed by atoms with van der Waals surface area (Å²) in [5, 5.41) is 3.60. The number of nitrogens with one attached hydrogen (secondary N) is 1. The van der Waals surface area contributed by atoms with Crippen LogP contribution in [0.5, 0.6) is 5.75 Å². The van der Waals surface area contributed by atoms with Gasteiger partial charge < -0.3 is 10.1 Å². The fraction of sp³-hybridized carbons (Fsp3) is 0.375. The van der Waals surface area contributed by atoms with Crippen LogP contribution in [-0.2, 0) is 6.42 Å². The Morgan fingerprint density at radius 3 is 2.70 bits per heavy atom. The molecule has 2 nitrogen and oxygen atoms in total. The molecule has 108 valence electrons. The first-order chi connectivity index (χ1) is 9.74. The van der Waals surface area contributed by atoms with E-state index in [0.717, 1.165) is 29.5 Å². The largest absolute Gasteiger partial charge is 0.496 e. The van der Waals surface area contributed by atoms with Crippen molar-refractivity contribution in [1.29, 1.82) is 0 Å². The monoisotopic (exact) mass is 309 g/mol. The van der Waals surface area contributed by atoms with Crippen molar-refractivity contribution in [3.8, 4) is 5.75 Å². The van der Waals surface area contributed by atoms with Crippen LogP contribution in [0.4, 0.5) is 0 Å². The highest BCUT2D eigenvalue weighted by Gasteiger charge is 2.13. The lowest BCUT2D eigenvalue weighted by Crippen LogP contribution is -2.23. The maximum absolute atomic E-state index is 5.95. The fourth-order valence-corrected chi connectivity index (χ4v) is 3.37. The number of ether oxygens (including phenoxy) is 1. The van der Waals surface area contributed by atoms with Crippen LogP contribution >= 0.6 is 22.9 Å². The first kappa shape index (κ1) is 15.4. The van der Waals surface area contributed by atoms with Crippen molar-refractivity contribution in [3.05, 3.63) is 51.2 Å². The summed E-state index contributed by atoms with van der Waals surface area (Å²) in [6.45, 7) is 3.12. The molecule has 0 aliphatic carbocycles. The highest BCUT2D eigenvalue weighted by molar-refractivity contribution is 7.16. The molecule has 0 amide bonds. The second-order valence-corrected chi connectivity index (χ2v) is 6.41. The molecular weight excluding hydrogens is 290 g/mol. The fourth-order valence-electron chi connectivity index (χ4n) is 2.28. The number of hydrogen-bond donors (Lipinski definition) is 1. The Kier molecular flexibility index (Phi) is 5.89. The Morgan fingerprint density at radius 2 is 2.05 bits per heavy atom. The van der Waals surface area contributed by atoms with Gasteiger partial charge in [0.2, 0.25) is 0 Å². The van der Waals surface area contributed by atoms with Crippen LogP contribution in [0.15, 0.2) is 36.4 Å². The number of methoxy groups -OCH3 is 1. The SMILES string of the molecule is CCC(NCCc1ccc(Cl)s1)c1ccccc1OC. The predicted molar refractivity (Wildman–Crippen MR) is 87.1 cm³/mol. The van der Waals surface area contributed by atoms with Gasteiger partial charge in [-0.2, -0.15) is 0 Å². The van der Waals surface area contributed by atoms with Crippen LogP contribution in [0.1, 0.15) is 29.8 Å². The van der Waals surface area contributed by atoms with E-state index >= 15 is 0 Å². The molecule has 20 heavy (non-hydrogen) atoms. The lowest BCUT2D eigenvalue weighted by molar-refractivity contribution is 0.397. The molecule has 2 aromatic rings. The smallest absolute Gasteiger partial charge is 0.123 e. The topological polar surface area (TPSA) is 21.3 Å². The minimum Gasteiger partial charge on any atom is -0.496 e. The quantitative estimate of drug-likeness (QED) is 0.801. The van der Waals surface area contributed by atoms with Gasteiger partial charge in [-0.3, -0.25) is 0 Å². The van der Waals surface area contributed by atoms with Crippen LogP contribution < -0.4 is 10.1 Å². The van der Waals surface area contributed by atoms with Crippen LogP contribution in [0.2, 0.25) is 4.34 Å². The molecule has 1 N–H and O–H groups in total. The molecule has 0 bridgehead atoms. The summed E-state index contributed by atoms with van der Waals surface area (Å²) in [6.07, 6.45) is 2.04. The molecular formula is C16H20ClNOS. The van der Waals surface area contributed by atoms with Crippen molar-refractivity contribution in [2.24, 2.45) is 0 Å². The summed E-state index contributed by atoms with van der Waals surface area (Å²) in [4.78, 5) is 1.32. The Bertz CT molecular complexity index is 541. The molecule has 0 spiro atoms. The lowest BCUT2D eigenvalue weighted by Gasteiger charge is -2.19. The molecule has 2 rings (SSSR count). The number of hydrogen-bond acceptors (Lipinski definition) is 3. The van der Waals surface area contributed by atoms with Gasteiger partial charge in [-0.1, -0.05) is 36.7 Å². The Hall–Kier alpha value is -1.03. The van der Waals surface area contributed by atoms with Gasteiger partial charge in [0, 0.05) is 23.0 Å². The van der Waals surface area contributed by atoms with E-state index in [4.69, 9.17) is 16.3 Å². The summed E-state index contributed by atoms with van der Waals surface area (Å²) in [6, 6.07) is 12.6. The van der Waals surface area contributed by atoms with E-state index in [9.17, 15) is 0 Å². The molecule has 0 aliphatic rings. The molecule has 0 saturated heterocycles. The van der Waals surface area contributed by atoms with Crippen LogP contribution in [0.3, 0.4) is 0 Å². The summed E-state index contributed by atoms with van der Waals surface area (Å²) < 4.78 is 6.30. The first-order valence-corrected chi connectivity index (χ1v) is 8.04. The zero-order chi connectivity index (χ0) is 14.4. The van der Waals surface area contributed by atoms with E-state index < -0.39 is 0 Å². The maximum Gasteiger partial charge on any atom is 0.123 e. The van der Waals surface area contributed by atoms with Gasteiger partial charge in [-0.25, -0.2) is 0 Å². The van der Waals surface area contributed by atoms with Crippen molar-refractivity contribution in [3.63, 3.8) is 0 Å². The minimum absolute atomic E-state index is 0.321. The summed E-state index contributed by atoms with van der Waals surface area (Å²) in [5.74, 6) is 0.950. The standard InChI is InChI=1S/C16H20ClNOS/c1-3-14(13-6-4-5-7-15(13)19-2)18-11-10-12-8-9-16(17)20-12/h4-9,14,18H,3,10-11H2,1-2H3. The zero-order valence-corrected chi connectivity index (χ0v) is 13.4. The maximum atomic E-state index is 5.95. The lowest BCUT2D eigenvalue weighted by atomic mass is 10.0. The van der Waals surface area contributed by atoms with E-state index in [1.807, 2.05) is 18.2 Å². The third-order valence-electron chi connectivity index (χ3n) is 3.31. The number of rotatable bonds is 7. The molecule has 4 heteroatoms. The summed E-state index contributed by atoms with van der Waals surface area (Å²) in [5.41, 5.74) is 1.22. The zero-order valence-electron chi connectivity index (χ0n) is 11.9. The first-order valence-electron chi connectivity index (χ1n) is 6.85. The number of para-hydroxylation sites is 1. The third kappa shape index (κ3) is 3.98. The van der Waals surface area contributed by atoms with Crippen molar-refractivity contribution >= 4 is 22.9 Å². The van der Waals surface area contributed by atoms with Gasteiger partial charge in [0.15, 0.2) is 0 Å². The second kappa shape index (κ2) is 7.67. The average Bonchev–Trinajstić information content (AvgIpc) is 2.89. The molecule has 1 unspecified atom stereocenters. The van der Waals surface area contributed by atoms with E-state index in [1.165, 1.54) is 10.4 Å². The molecule has 0 aliphatic heterocycles. The van der Waals surface area contributed by atoms with Crippen molar-refractivity contribution in [1.82, 2.24) is 5.32 Å². The second-order valence-electron chi connectivity index (χ2n) is 4.61. The van der Waals surface area contributed by atoms with Crippen molar-refractivity contribution in [2.75, 3.05) is 13.7 Å². The van der Waals surface area contributed by atoms with Gasteiger partial charge in [-0.05, 0) is 31.0 Å². The van der Waals surface area contributed by atoms with E-state index in [2.05, 4.69) is 30.4 Å². The van der Waals surface area contributed by atoms with Gasteiger partial charge >= 0.3 is 0 Å². The van der Waals surface area contributed by atoms with Crippen molar-refractivity contribution < 1.29 is 4.74 Å². The molecule has 1 atom stereocenters. The molecule has 1 aromatic carbocycles. The Morgan fingerprint density at radius 1 is 1.25 bits per heavy atom. The number of thiophene rings is 1. The molecule has 1 aromatic heterocycles. The highest BCUT2D eigenvalue weighted by atomic mass is 35.5. The normalized spacial score (nSPS) is 12.3. The predicted octanol–water partition coefficient (Wildman–Crippen LogP) is 4.69. The van der Waals surface area contributed by atoms with Gasteiger partial charge in [-0.15, -0.1) is 11.3 Å². The van der Waals surface area contributed by atoms with E-state index in [1.54, 1.807) is 18.4 Å². The number of halogens is 1. The van der Waals surface area contributed by atoms with Crippen LogP contribution in [0, 0.1) is 0 Å². The van der Waals surface area contributed by atoms with Crippen molar-refractivity contribution in [2.45, 2.75) is 25.8 Å². The van der Waals surface area contributed by atoms with Crippen LogP contribution in [0.25, 0.3) is 0 Å². The summed E-state index contributed by atoms with van der Waals surface area (Å²) >= 11 is 7.60. The summed E-state index contributed by atoms with van der Waals surface area (Å²) in [7, 11) is 1.72. The Labute approximate surface area is 129 Å². The van der Waals surface area contributed by atoms with Gasteiger partial charge in [0.05, 0.1) is 11.4 Å². The van der Waals surface area contributed by atoms with E-state index in [0.29, 0.717) is 6.04 Å². The molecule has 0 saturated carbocycles. The average molecular weight is 310 g/mol. The molecule has 0 radical (unpaired) electrons.